The number of nitrogens with zero attached hydrogens (tertiary/aromatic N) is 1. The van der Waals surface area contributed by atoms with Crippen molar-refractivity contribution in [2.24, 2.45) is 0 Å². The maximum Gasteiger partial charge on any atom is 0.0751 e. The molecule has 0 spiro atoms. The molecule has 0 bridgehead atoms. The molecular weight excluding hydrogens is 260 g/mol. The molecule has 1 unspecified atom stereocenters. The predicted octanol–water partition coefficient (Wildman–Crippen LogP) is 3.92. The molecule has 1 aliphatic rings. The molecule has 0 radical (unpaired) electrons. The summed E-state index contributed by atoms with van der Waals surface area (Å²) in [6, 6.07) is 18.9. The van der Waals surface area contributed by atoms with Crippen molar-refractivity contribution in [2.45, 2.75) is 12.6 Å². The first-order valence-electron chi connectivity index (χ1n) is 7.17. The van der Waals surface area contributed by atoms with Gasteiger partial charge in [0, 0.05) is 5.39 Å². The number of benzene rings is 2. The smallest absolute Gasteiger partial charge is 0.0751 e. The van der Waals surface area contributed by atoms with Crippen LogP contribution in [0.25, 0.3) is 10.9 Å². The van der Waals surface area contributed by atoms with Crippen molar-refractivity contribution < 1.29 is 4.74 Å². The summed E-state index contributed by atoms with van der Waals surface area (Å²) in [6.07, 6.45) is 1.89. The molecule has 0 amide bonds. The zero-order valence-electron chi connectivity index (χ0n) is 11.6. The molecule has 1 atom stereocenters. The second kappa shape index (κ2) is 5.19. The average Bonchev–Trinajstić information content (AvgIpc) is 2.55. The lowest BCUT2D eigenvalue weighted by molar-refractivity contribution is 0.0970. The van der Waals surface area contributed by atoms with Crippen LogP contribution in [0.3, 0.4) is 0 Å². The normalized spacial score (nSPS) is 17.4. The van der Waals surface area contributed by atoms with E-state index in [4.69, 9.17) is 4.74 Å². The largest absolute Gasteiger partial charge is 0.375 e. The van der Waals surface area contributed by atoms with Crippen LogP contribution in [-0.2, 0) is 11.3 Å². The fourth-order valence-electron chi connectivity index (χ4n) is 2.85. The van der Waals surface area contributed by atoms with Crippen LogP contribution in [0.15, 0.2) is 60.8 Å². The standard InChI is InChI=1S/C18H16N2O/c1-3-7-16-14(6-1)11-21-12-18(16)20-15-9-13-5-2-4-8-17(13)19-10-15/h1-10,18,20H,11-12H2. The van der Waals surface area contributed by atoms with Crippen molar-refractivity contribution >= 4 is 16.6 Å². The molecule has 0 saturated carbocycles. The Balaban J connectivity index is 1.66. The first-order chi connectivity index (χ1) is 10.4. The number of ether oxygens (including phenoxy) is 1. The molecule has 1 aromatic heterocycles. The summed E-state index contributed by atoms with van der Waals surface area (Å²) in [5, 5.41) is 4.69. The fraction of sp³-hybridized carbons (Fsp3) is 0.167. The number of nitrogens with one attached hydrogen (secondary N) is 1. The monoisotopic (exact) mass is 276 g/mol. The summed E-state index contributed by atoms with van der Waals surface area (Å²) in [4.78, 5) is 4.50. The lowest BCUT2D eigenvalue weighted by Crippen LogP contribution is -2.23. The molecule has 3 heteroatoms. The highest BCUT2D eigenvalue weighted by molar-refractivity contribution is 5.81. The number of hydrogen-bond acceptors (Lipinski definition) is 3. The Morgan fingerprint density at radius 2 is 1.90 bits per heavy atom. The first kappa shape index (κ1) is 12.4. The van der Waals surface area contributed by atoms with Crippen LogP contribution in [-0.4, -0.2) is 11.6 Å². The van der Waals surface area contributed by atoms with Crippen molar-refractivity contribution in [3.05, 3.63) is 71.9 Å². The summed E-state index contributed by atoms with van der Waals surface area (Å²) in [5.74, 6) is 0. The van der Waals surface area contributed by atoms with Gasteiger partial charge in [0.1, 0.15) is 0 Å². The van der Waals surface area contributed by atoms with Crippen LogP contribution >= 0.6 is 0 Å². The summed E-state index contributed by atoms with van der Waals surface area (Å²) < 4.78 is 5.69. The minimum atomic E-state index is 0.179. The van der Waals surface area contributed by atoms with Gasteiger partial charge >= 0.3 is 0 Å². The molecule has 2 heterocycles. The Morgan fingerprint density at radius 3 is 2.90 bits per heavy atom. The Morgan fingerprint density at radius 1 is 1.05 bits per heavy atom. The van der Waals surface area contributed by atoms with E-state index in [1.165, 1.54) is 11.1 Å². The van der Waals surface area contributed by atoms with Crippen LogP contribution in [0, 0.1) is 0 Å². The van der Waals surface area contributed by atoms with Crippen LogP contribution in [0.4, 0.5) is 5.69 Å². The highest BCUT2D eigenvalue weighted by Gasteiger charge is 2.20. The van der Waals surface area contributed by atoms with Crippen LogP contribution in [0.1, 0.15) is 17.2 Å². The number of para-hydroxylation sites is 1. The van der Waals surface area contributed by atoms with Gasteiger partial charge in [-0.05, 0) is 23.3 Å². The Bertz CT molecular complexity index is 785. The van der Waals surface area contributed by atoms with Crippen molar-refractivity contribution in [2.75, 3.05) is 11.9 Å². The Hall–Kier alpha value is -2.39. The van der Waals surface area contributed by atoms with Crippen LogP contribution in [0.2, 0.25) is 0 Å². The number of fused-ring (bicyclic) bond motifs is 2. The molecule has 1 N–H and O–H groups in total. The van der Waals surface area contributed by atoms with Crippen molar-refractivity contribution in [3.8, 4) is 0 Å². The molecule has 1 aliphatic heterocycles. The van der Waals surface area contributed by atoms with E-state index in [9.17, 15) is 0 Å². The molecule has 0 saturated heterocycles. The number of rotatable bonds is 2. The molecule has 0 aliphatic carbocycles. The fourth-order valence-corrected chi connectivity index (χ4v) is 2.85. The lowest BCUT2D eigenvalue weighted by Gasteiger charge is -2.27. The summed E-state index contributed by atoms with van der Waals surface area (Å²) in [5.41, 5.74) is 4.62. The molecule has 3 aromatic rings. The van der Waals surface area contributed by atoms with Crippen molar-refractivity contribution in [3.63, 3.8) is 0 Å². The maximum atomic E-state index is 5.69. The third-order valence-corrected chi connectivity index (χ3v) is 3.90. The third kappa shape index (κ3) is 2.36. The van der Waals surface area contributed by atoms with Crippen molar-refractivity contribution in [1.29, 1.82) is 0 Å². The van der Waals surface area contributed by atoms with Gasteiger partial charge in [-0.15, -0.1) is 0 Å². The van der Waals surface area contributed by atoms with Gasteiger partial charge in [0.25, 0.3) is 0 Å². The highest BCUT2D eigenvalue weighted by Crippen LogP contribution is 2.28. The Kier molecular flexibility index (Phi) is 3.05. The average molecular weight is 276 g/mol. The van der Waals surface area contributed by atoms with Gasteiger partial charge in [-0.1, -0.05) is 42.5 Å². The zero-order valence-corrected chi connectivity index (χ0v) is 11.6. The number of pyridine rings is 1. The van der Waals surface area contributed by atoms with Gasteiger partial charge in [0.05, 0.1) is 36.7 Å². The van der Waals surface area contributed by atoms with Crippen LogP contribution in [0.5, 0.6) is 0 Å². The van der Waals surface area contributed by atoms with Crippen molar-refractivity contribution in [1.82, 2.24) is 4.98 Å². The second-order valence-corrected chi connectivity index (χ2v) is 5.33. The van der Waals surface area contributed by atoms with Crippen LogP contribution < -0.4 is 5.32 Å². The van der Waals surface area contributed by atoms with E-state index in [-0.39, 0.29) is 6.04 Å². The molecule has 0 fully saturated rings. The highest BCUT2D eigenvalue weighted by atomic mass is 16.5. The summed E-state index contributed by atoms with van der Waals surface area (Å²) >= 11 is 0. The lowest BCUT2D eigenvalue weighted by atomic mass is 9.99. The maximum absolute atomic E-state index is 5.69. The molecule has 21 heavy (non-hydrogen) atoms. The predicted molar refractivity (Wildman–Crippen MR) is 84.2 cm³/mol. The van der Waals surface area contributed by atoms with E-state index >= 15 is 0 Å². The minimum absolute atomic E-state index is 0.179. The van der Waals surface area contributed by atoms with E-state index in [2.05, 4.69) is 46.7 Å². The van der Waals surface area contributed by atoms with Gasteiger partial charge in [-0.3, -0.25) is 4.98 Å². The van der Waals surface area contributed by atoms with E-state index in [1.807, 2.05) is 24.4 Å². The molecule has 3 nitrogen and oxygen atoms in total. The minimum Gasteiger partial charge on any atom is -0.375 e. The van der Waals surface area contributed by atoms with E-state index in [0.717, 1.165) is 16.6 Å². The number of aromatic nitrogens is 1. The topological polar surface area (TPSA) is 34.1 Å². The van der Waals surface area contributed by atoms with Gasteiger partial charge < -0.3 is 10.1 Å². The quantitative estimate of drug-likeness (QED) is 0.770. The van der Waals surface area contributed by atoms with Gasteiger partial charge in [-0.25, -0.2) is 0 Å². The second-order valence-electron chi connectivity index (χ2n) is 5.33. The van der Waals surface area contributed by atoms with Gasteiger partial charge in [0.2, 0.25) is 0 Å². The zero-order chi connectivity index (χ0) is 14.1. The van der Waals surface area contributed by atoms with E-state index in [0.29, 0.717) is 13.2 Å². The van der Waals surface area contributed by atoms with Gasteiger partial charge in [0.15, 0.2) is 0 Å². The van der Waals surface area contributed by atoms with E-state index in [1.54, 1.807) is 0 Å². The number of anilines is 1. The first-order valence-corrected chi connectivity index (χ1v) is 7.17. The number of hydrogen-bond donors (Lipinski definition) is 1. The van der Waals surface area contributed by atoms with E-state index < -0.39 is 0 Å². The molecule has 104 valence electrons. The molecule has 2 aromatic carbocycles. The third-order valence-electron chi connectivity index (χ3n) is 3.90. The van der Waals surface area contributed by atoms with Gasteiger partial charge in [-0.2, -0.15) is 0 Å². The summed E-state index contributed by atoms with van der Waals surface area (Å²) in [7, 11) is 0. The molecule has 4 rings (SSSR count). The Labute approximate surface area is 123 Å². The SMILES string of the molecule is c1ccc2c(c1)COCC2Nc1cnc2ccccc2c1. The molecular formula is C18H16N2O. The summed E-state index contributed by atoms with van der Waals surface area (Å²) in [6.45, 7) is 1.38.